The van der Waals surface area contributed by atoms with E-state index in [1.54, 1.807) is 12.1 Å². The first-order valence-electron chi connectivity index (χ1n) is 6.16. The van der Waals surface area contributed by atoms with Gasteiger partial charge in [0, 0.05) is 16.6 Å². The summed E-state index contributed by atoms with van der Waals surface area (Å²) in [5.41, 5.74) is 2.50. The Labute approximate surface area is 134 Å². The number of rotatable bonds is 5. The molecule has 0 unspecified atom stereocenters. The molecule has 0 aliphatic heterocycles. The molecule has 6 heteroatoms. The number of carbonyl (C=O) groups excluding carboxylic acids is 1. The van der Waals surface area contributed by atoms with E-state index in [0.717, 1.165) is 33.2 Å². The molecule has 0 aliphatic carbocycles. The van der Waals surface area contributed by atoms with Crippen LogP contribution in [0.4, 0.5) is 0 Å². The van der Waals surface area contributed by atoms with Crippen LogP contribution in [0.5, 0.6) is 5.75 Å². The number of nitrogens with zero attached hydrogens (tertiary/aromatic N) is 2. The normalized spacial score (nSPS) is 10.6. The van der Waals surface area contributed by atoms with Crippen molar-refractivity contribution < 1.29 is 9.53 Å². The van der Waals surface area contributed by atoms with Gasteiger partial charge in [-0.2, -0.15) is 5.10 Å². The highest BCUT2D eigenvalue weighted by molar-refractivity contribution is 9.10. The number of carbonyl (C=O) groups is 1. The Morgan fingerprint density at radius 1 is 1.40 bits per heavy atom. The molecule has 0 saturated heterocycles. The Bertz CT molecular complexity index is 638. The molecule has 0 N–H and O–H groups in total. The maximum atomic E-state index is 10.9. The third-order valence-corrected chi connectivity index (χ3v) is 4.68. The van der Waals surface area contributed by atoms with Crippen LogP contribution in [0.3, 0.4) is 0 Å². The van der Waals surface area contributed by atoms with E-state index in [2.05, 4.69) is 37.0 Å². The number of halogens is 2. The van der Waals surface area contributed by atoms with E-state index < -0.39 is 0 Å². The predicted molar refractivity (Wildman–Crippen MR) is 84.2 cm³/mol. The van der Waals surface area contributed by atoms with Crippen LogP contribution in [-0.2, 0) is 13.2 Å². The van der Waals surface area contributed by atoms with Gasteiger partial charge in [-0.3, -0.25) is 9.48 Å². The molecule has 2 aromatic rings. The number of benzene rings is 1. The van der Waals surface area contributed by atoms with Crippen LogP contribution in [0.2, 0.25) is 0 Å². The maximum absolute atomic E-state index is 10.9. The van der Waals surface area contributed by atoms with Gasteiger partial charge in [-0.05, 0) is 48.0 Å². The highest BCUT2D eigenvalue weighted by atomic mass is 79.9. The second kappa shape index (κ2) is 6.54. The third kappa shape index (κ3) is 3.12. The Balaban J connectivity index is 2.18. The van der Waals surface area contributed by atoms with Crippen LogP contribution in [0.1, 0.15) is 28.7 Å². The highest BCUT2D eigenvalue weighted by Gasteiger charge is 2.12. The largest absolute Gasteiger partial charge is 0.487 e. The Hall–Kier alpha value is -1.14. The van der Waals surface area contributed by atoms with Crippen molar-refractivity contribution in [1.29, 1.82) is 0 Å². The molecule has 0 atom stereocenters. The van der Waals surface area contributed by atoms with Crippen molar-refractivity contribution in [2.75, 3.05) is 0 Å². The minimum absolute atomic E-state index is 0.398. The quantitative estimate of drug-likeness (QED) is 0.707. The number of aldehydes is 1. The summed E-state index contributed by atoms with van der Waals surface area (Å²) < 4.78 is 9.38. The zero-order valence-electron chi connectivity index (χ0n) is 11.2. The lowest BCUT2D eigenvalue weighted by molar-refractivity contribution is 0.112. The number of hydrogen-bond acceptors (Lipinski definition) is 3. The van der Waals surface area contributed by atoms with Crippen molar-refractivity contribution in [3.05, 3.63) is 44.1 Å². The van der Waals surface area contributed by atoms with E-state index in [1.807, 2.05) is 24.6 Å². The topological polar surface area (TPSA) is 44.1 Å². The minimum atomic E-state index is 0.398. The summed E-state index contributed by atoms with van der Waals surface area (Å²) in [5.74, 6) is 0.656. The second-order valence-corrected chi connectivity index (χ2v) is 5.90. The summed E-state index contributed by atoms with van der Waals surface area (Å²) in [6.07, 6.45) is 0.799. The number of aryl methyl sites for hydroxylation is 2. The Morgan fingerprint density at radius 2 is 2.15 bits per heavy atom. The molecule has 20 heavy (non-hydrogen) atoms. The highest BCUT2D eigenvalue weighted by Crippen LogP contribution is 2.25. The fourth-order valence-electron chi connectivity index (χ4n) is 1.86. The SMILES string of the molecule is CCn1nc(C)c(Br)c1COc1ccc(Br)c(C=O)c1. The fourth-order valence-corrected chi connectivity index (χ4v) is 2.60. The molecule has 0 bridgehead atoms. The molecule has 1 heterocycles. The predicted octanol–water partition coefficient (Wildman–Crippen LogP) is 4.13. The van der Waals surface area contributed by atoms with Crippen molar-refractivity contribution in [3.8, 4) is 5.75 Å². The van der Waals surface area contributed by atoms with Gasteiger partial charge in [0.15, 0.2) is 6.29 Å². The van der Waals surface area contributed by atoms with Gasteiger partial charge < -0.3 is 4.74 Å². The summed E-state index contributed by atoms with van der Waals surface area (Å²) in [6, 6.07) is 5.34. The average Bonchev–Trinajstić information content (AvgIpc) is 2.73. The molecule has 0 aliphatic rings. The van der Waals surface area contributed by atoms with Crippen LogP contribution in [0.25, 0.3) is 0 Å². The van der Waals surface area contributed by atoms with Crippen molar-refractivity contribution in [1.82, 2.24) is 9.78 Å². The van der Waals surface area contributed by atoms with E-state index in [-0.39, 0.29) is 0 Å². The van der Waals surface area contributed by atoms with E-state index in [9.17, 15) is 4.79 Å². The molecule has 0 fully saturated rings. The summed E-state index contributed by atoms with van der Waals surface area (Å²) in [5, 5.41) is 4.41. The molecule has 0 radical (unpaired) electrons. The number of hydrogen-bond donors (Lipinski definition) is 0. The van der Waals surface area contributed by atoms with Crippen molar-refractivity contribution in [3.63, 3.8) is 0 Å². The summed E-state index contributed by atoms with van der Waals surface area (Å²) >= 11 is 6.84. The fraction of sp³-hybridized carbons (Fsp3) is 0.286. The number of aromatic nitrogens is 2. The van der Waals surface area contributed by atoms with E-state index in [0.29, 0.717) is 17.9 Å². The van der Waals surface area contributed by atoms with Gasteiger partial charge in [-0.15, -0.1) is 0 Å². The second-order valence-electron chi connectivity index (χ2n) is 4.25. The van der Waals surface area contributed by atoms with Crippen molar-refractivity contribution >= 4 is 38.1 Å². The smallest absolute Gasteiger partial charge is 0.151 e. The first kappa shape index (κ1) is 15.3. The molecule has 0 saturated carbocycles. The molecule has 0 amide bonds. The van der Waals surface area contributed by atoms with E-state index in [4.69, 9.17) is 4.74 Å². The van der Waals surface area contributed by atoms with Gasteiger partial charge in [0.05, 0.1) is 15.9 Å². The molecule has 106 valence electrons. The molecule has 1 aromatic heterocycles. The van der Waals surface area contributed by atoms with Crippen molar-refractivity contribution in [2.45, 2.75) is 27.0 Å². The van der Waals surface area contributed by atoms with Crippen LogP contribution in [0.15, 0.2) is 27.1 Å². The monoisotopic (exact) mass is 400 g/mol. The van der Waals surface area contributed by atoms with Crippen LogP contribution in [0, 0.1) is 6.92 Å². The van der Waals surface area contributed by atoms with Gasteiger partial charge in [-0.1, -0.05) is 15.9 Å². The molecule has 4 nitrogen and oxygen atoms in total. The molecule has 1 aromatic carbocycles. The molecular weight excluding hydrogens is 388 g/mol. The van der Waals surface area contributed by atoms with E-state index in [1.165, 1.54) is 0 Å². The van der Waals surface area contributed by atoms with E-state index >= 15 is 0 Å². The lowest BCUT2D eigenvalue weighted by atomic mass is 10.2. The molecule has 2 rings (SSSR count). The van der Waals surface area contributed by atoms with Crippen LogP contribution >= 0.6 is 31.9 Å². The first-order valence-corrected chi connectivity index (χ1v) is 7.74. The average molecular weight is 402 g/mol. The van der Waals surface area contributed by atoms with Gasteiger partial charge in [-0.25, -0.2) is 0 Å². The summed E-state index contributed by atoms with van der Waals surface area (Å²) in [6.45, 7) is 5.16. The Kier molecular flexibility index (Phi) is 4.99. The third-order valence-electron chi connectivity index (χ3n) is 2.92. The molecular formula is C14H14Br2N2O2. The van der Waals surface area contributed by atoms with Gasteiger partial charge in [0.2, 0.25) is 0 Å². The maximum Gasteiger partial charge on any atom is 0.151 e. The van der Waals surface area contributed by atoms with Crippen LogP contribution in [-0.4, -0.2) is 16.1 Å². The number of ether oxygens (including phenoxy) is 1. The zero-order valence-corrected chi connectivity index (χ0v) is 14.4. The standard InChI is InChI=1S/C14H14Br2N2O2/c1-3-18-13(14(16)9(2)17-18)8-20-11-4-5-12(15)10(6-11)7-19/h4-7H,3,8H2,1-2H3. The van der Waals surface area contributed by atoms with Crippen LogP contribution < -0.4 is 4.74 Å². The first-order chi connectivity index (χ1) is 9.56. The minimum Gasteiger partial charge on any atom is -0.487 e. The molecule has 0 spiro atoms. The lowest BCUT2D eigenvalue weighted by Crippen LogP contribution is -2.06. The summed E-state index contributed by atoms with van der Waals surface area (Å²) in [7, 11) is 0. The van der Waals surface area contributed by atoms with Gasteiger partial charge >= 0.3 is 0 Å². The Morgan fingerprint density at radius 3 is 2.80 bits per heavy atom. The summed E-state index contributed by atoms with van der Waals surface area (Å²) in [4.78, 5) is 10.9. The lowest BCUT2D eigenvalue weighted by Gasteiger charge is -2.09. The van der Waals surface area contributed by atoms with Gasteiger partial charge in [0.1, 0.15) is 12.4 Å². The van der Waals surface area contributed by atoms with Crippen molar-refractivity contribution in [2.24, 2.45) is 0 Å². The van der Waals surface area contributed by atoms with Gasteiger partial charge in [0.25, 0.3) is 0 Å². The zero-order chi connectivity index (χ0) is 14.7.